The summed E-state index contributed by atoms with van der Waals surface area (Å²) in [5.74, 6) is 0.114. The fourth-order valence-electron chi connectivity index (χ4n) is 2.50. The highest BCUT2D eigenvalue weighted by Gasteiger charge is 2.22. The lowest BCUT2D eigenvalue weighted by atomic mass is 10.1. The van der Waals surface area contributed by atoms with Crippen LogP contribution < -0.4 is 0 Å². The van der Waals surface area contributed by atoms with Crippen molar-refractivity contribution in [1.29, 1.82) is 5.26 Å². The first-order chi connectivity index (χ1) is 8.74. The predicted octanol–water partition coefficient (Wildman–Crippen LogP) is 1.90. The number of likely N-dealkylation sites (tertiary alicyclic amines) is 1. The summed E-state index contributed by atoms with van der Waals surface area (Å²) in [7, 11) is 0. The molecule has 0 aliphatic carbocycles. The van der Waals surface area contributed by atoms with Crippen LogP contribution in [0.3, 0.4) is 0 Å². The van der Waals surface area contributed by atoms with Crippen molar-refractivity contribution >= 4 is 0 Å². The Morgan fingerprint density at radius 3 is 3.06 bits per heavy atom. The molecule has 1 saturated heterocycles. The molecule has 1 fully saturated rings. The second kappa shape index (κ2) is 5.94. The van der Waals surface area contributed by atoms with E-state index >= 15 is 0 Å². The van der Waals surface area contributed by atoms with Crippen LogP contribution in [-0.4, -0.2) is 29.7 Å². The van der Waals surface area contributed by atoms with Gasteiger partial charge in [-0.25, -0.2) is 4.39 Å². The highest BCUT2D eigenvalue weighted by molar-refractivity contribution is 5.34. The Hall–Kier alpha value is -1.44. The molecule has 4 heteroatoms. The Morgan fingerprint density at radius 1 is 1.50 bits per heavy atom. The molecule has 96 valence electrons. The third-order valence-corrected chi connectivity index (χ3v) is 3.50. The van der Waals surface area contributed by atoms with E-state index in [1.54, 1.807) is 12.1 Å². The minimum atomic E-state index is -0.398. The molecule has 1 unspecified atom stereocenters. The highest BCUT2D eigenvalue weighted by atomic mass is 19.1. The van der Waals surface area contributed by atoms with Crippen LogP contribution in [0.1, 0.15) is 24.0 Å². The molecule has 18 heavy (non-hydrogen) atoms. The van der Waals surface area contributed by atoms with Crippen LogP contribution in [0.2, 0.25) is 0 Å². The summed E-state index contributed by atoms with van der Waals surface area (Å²) in [6.45, 7) is 2.59. The monoisotopic (exact) mass is 248 g/mol. The summed E-state index contributed by atoms with van der Waals surface area (Å²) in [6, 6.07) is 6.81. The van der Waals surface area contributed by atoms with Gasteiger partial charge in [0, 0.05) is 25.3 Å². The first kappa shape index (κ1) is 13.0. The zero-order valence-electron chi connectivity index (χ0n) is 10.3. The lowest BCUT2D eigenvalue weighted by Gasteiger charge is -2.16. The Labute approximate surface area is 106 Å². The average Bonchev–Trinajstić information content (AvgIpc) is 2.80. The summed E-state index contributed by atoms with van der Waals surface area (Å²) in [4.78, 5) is 2.18. The molecule has 2 rings (SSSR count). The summed E-state index contributed by atoms with van der Waals surface area (Å²) in [6.07, 6.45) is 1.87. The number of nitrogens with zero attached hydrogens (tertiary/aromatic N) is 2. The molecule has 1 atom stereocenters. The van der Waals surface area contributed by atoms with Gasteiger partial charge in [0.05, 0.1) is 5.56 Å². The summed E-state index contributed by atoms with van der Waals surface area (Å²) < 4.78 is 13.9. The van der Waals surface area contributed by atoms with Crippen LogP contribution in [0.15, 0.2) is 18.2 Å². The van der Waals surface area contributed by atoms with Crippen molar-refractivity contribution < 1.29 is 9.50 Å². The van der Waals surface area contributed by atoms with Crippen LogP contribution >= 0.6 is 0 Å². The summed E-state index contributed by atoms with van der Waals surface area (Å²) in [5, 5.41) is 17.7. The average molecular weight is 248 g/mol. The molecule has 0 saturated carbocycles. The van der Waals surface area contributed by atoms with Gasteiger partial charge in [0.15, 0.2) is 0 Å². The van der Waals surface area contributed by atoms with Crippen LogP contribution in [-0.2, 0) is 6.54 Å². The van der Waals surface area contributed by atoms with Gasteiger partial charge in [-0.2, -0.15) is 5.26 Å². The highest BCUT2D eigenvalue weighted by Crippen LogP contribution is 2.22. The molecular weight excluding hydrogens is 231 g/mol. The van der Waals surface area contributed by atoms with Gasteiger partial charge < -0.3 is 5.11 Å². The van der Waals surface area contributed by atoms with Crippen LogP contribution in [0.25, 0.3) is 0 Å². The molecule has 1 N–H and O–H groups in total. The number of aliphatic hydroxyl groups excluding tert-OH is 1. The summed E-state index contributed by atoms with van der Waals surface area (Å²) in [5.41, 5.74) is 0.692. The molecule has 1 heterocycles. The first-order valence-electron chi connectivity index (χ1n) is 6.25. The van der Waals surface area contributed by atoms with Gasteiger partial charge in [-0.1, -0.05) is 12.1 Å². The molecule has 0 amide bonds. The minimum Gasteiger partial charge on any atom is -0.396 e. The summed E-state index contributed by atoms with van der Waals surface area (Å²) >= 11 is 0. The van der Waals surface area contributed by atoms with Crippen molar-refractivity contribution in [3.8, 4) is 6.07 Å². The quantitative estimate of drug-likeness (QED) is 0.885. The standard InChI is InChI=1S/C14H17FN2O/c15-14-12(8-16)2-1-3-13(14)10-17-6-4-11(9-17)5-7-18/h1-3,11,18H,4-7,9-10H2. The SMILES string of the molecule is N#Cc1cccc(CN2CCC(CCO)C2)c1F. The Morgan fingerprint density at radius 2 is 2.33 bits per heavy atom. The number of rotatable bonds is 4. The number of halogens is 1. The van der Waals surface area contributed by atoms with Gasteiger partial charge in [0.1, 0.15) is 11.9 Å². The molecule has 3 nitrogen and oxygen atoms in total. The maximum Gasteiger partial charge on any atom is 0.145 e. The normalized spacial score (nSPS) is 19.9. The van der Waals surface area contributed by atoms with Crippen LogP contribution in [0.5, 0.6) is 0 Å². The lowest BCUT2D eigenvalue weighted by molar-refractivity contribution is 0.248. The Bertz CT molecular complexity index is 456. The zero-order valence-corrected chi connectivity index (χ0v) is 10.3. The topological polar surface area (TPSA) is 47.3 Å². The van der Waals surface area contributed by atoms with E-state index in [1.165, 1.54) is 6.07 Å². The molecule has 1 aromatic rings. The van der Waals surface area contributed by atoms with Gasteiger partial charge in [-0.3, -0.25) is 4.90 Å². The number of aliphatic hydroxyl groups is 1. The van der Waals surface area contributed by atoms with Crippen molar-refractivity contribution in [3.63, 3.8) is 0 Å². The number of benzene rings is 1. The van der Waals surface area contributed by atoms with Crippen molar-refractivity contribution in [2.24, 2.45) is 5.92 Å². The maximum atomic E-state index is 13.9. The van der Waals surface area contributed by atoms with E-state index in [9.17, 15) is 4.39 Å². The van der Waals surface area contributed by atoms with Crippen molar-refractivity contribution in [2.75, 3.05) is 19.7 Å². The van der Waals surface area contributed by atoms with E-state index in [1.807, 2.05) is 6.07 Å². The third-order valence-electron chi connectivity index (χ3n) is 3.50. The van der Waals surface area contributed by atoms with Gasteiger partial charge in [0.2, 0.25) is 0 Å². The van der Waals surface area contributed by atoms with Crippen molar-refractivity contribution in [2.45, 2.75) is 19.4 Å². The molecule has 1 aromatic carbocycles. The van der Waals surface area contributed by atoms with Crippen LogP contribution in [0, 0.1) is 23.1 Å². The number of hydrogen-bond acceptors (Lipinski definition) is 3. The van der Waals surface area contributed by atoms with Gasteiger partial charge >= 0.3 is 0 Å². The van der Waals surface area contributed by atoms with E-state index in [0.29, 0.717) is 18.0 Å². The zero-order chi connectivity index (χ0) is 13.0. The largest absolute Gasteiger partial charge is 0.396 e. The molecule has 1 aliphatic rings. The smallest absolute Gasteiger partial charge is 0.145 e. The van der Waals surface area contributed by atoms with Gasteiger partial charge in [-0.05, 0) is 31.4 Å². The molecule has 0 spiro atoms. The van der Waals surface area contributed by atoms with Crippen LogP contribution in [0.4, 0.5) is 4.39 Å². The minimum absolute atomic E-state index is 0.110. The van der Waals surface area contributed by atoms with Crippen molar-refractivity contribution in [1.82, 2.24) is 4.90 Å². The molecule has 1 aliphatic heterocycles. The maximum absolute atomic E-state index is 13.9. The number of nitriles is 1. The van der Waals surface area contributed by atoms with E-state index in [4.69, 9.17) is 10.4 Å². The molecule has 0 bridgehead atoms. The van der Waals surface area contributed by atoms with Crippen molar-refractivity contribution in [3.05, 3.63) is 35.1 Å². The molecule has 0 aromatic heterocycles. The Balaban J connectivity index is 2.01. The number of hydrogen-bond donors (Lipinski definition) is 1. The fraction of sp³-hybridized carbons (Fsp3) is 0.500. The van der Waals surface area contributed by atoms with Gasteiger partial charge in [0.25, 0.3) is 0 Å². The first-order valence-corrected chi connectivity index (χ1v) is 6.25. The van der Waals surface area contributed by atoms with E-state index in [2.05, 4.69) is 4.90 Å². The third kappa shape index (κ3) is 2.87. The lowest BCUT2D eigenvalue weighted by Crippen LogP contribution is -2.21. The van der Waals surface area contributed by atoms with Gasteiger partial charge in [-0.15, -0.1) is 0 Å². The fourth-order valence-corrected chi connectivity index (χ4v) is 2.50. The second-order valence-electron chi connectivity index (χ2n) is 4.79. The van der Waals surface area contributed by atoms with E-state index in [-0.39, 0.29) is 12.2 Å². The molecular formula is C14H17FN2O. The molecule has 0 radical (unpaired) electrons. The van der Waals surface area contributed by atoms with E-state index < -0.39 is 5.82 Å². The second-order valence-corrected chi connectivity index (χ2v) is 4.79. The predicted molar refractivity (Wildman–Crippen MR) is 66.2 cm³/mol. The van der Waals surface area contributed by atoms with E-state index in [0.717, 1.165) is 25.9 Å². The Kier molecular flexibility index (Phi) is 4.29.